The SMILES string of the molecule is COc1ccc(C(=O)N=c2c(Cl)cn(O)cc2Cl)c2c1oc1ccc(NC(C)=O)cc12. The van der Waals surface area contributed by atoms with E-state index in [2.05, 4.69) is 10.3 Å². The second-order valence-electron chi connectivity index (χ2n) is 6.61. The van der Waals surface area contributed by atoms with E-state index in [0.717, 1.165) is 12.4 Å². The summed E-state index contributed by atoms with van der Waals surface area (Å²) in [4.78, 5) is 28.6. The number of fused-ring (bicyclic) bond motifs is 3. The van der Waals surface area contributed by atoms with E-state index in [1.165, 1.54) is 14.0 Å². The highest BCUT2D eigenvalue weighted by Gasteiger charge is 2.20. The van der Waals surface area contributed by atoms with Crippen LogP contribution < -0.4 is 15.4 Å². The Morgan fingerprint density at radius 2 is 1.87 bits per heavy atom. The monoisotopic (exact) mass is 459 g/mol. The number of nitrogens with one attached hydrogen (secondary N) is 1. The number of nitrogens with zero attached hydrogens (tertiary/aromatic N) is 2. The molecule has 0 aliphatic heterocycles. The number of rotatable bonds is 3. The van der Waals surface area contributed by atoms with Crippen LogP contribution in [0.1, 0.15) is 17.3 Å². The molecule has 0 saturated carbocycles. The minimum atomic E-state index is -0.625. The van der Waals surface area contributed by atoms with Crippen LogP contribution in [0.2, 0.25) is 10.0 Å². The molecule has 2 aromatic heterocycles. The molecule has 10 heteroatoms. The molecule has 158 valence electrons. The third kappa shape index (κ3) is 3.83. The van der Waals surface area contributed by atoms with Gasteiger partial charge in [-0.1, -0.05) is 23.2 Å². The number of benzene rings is 2. The first kappa shape index (κ1) is 20.8. The molecule has 2 heterocycles. The molecule has 0 saturated heterocycles. The van der Waals surface area contributed by atoms with Crippen LogP contribution in [0.5, 0.6) is 5.75 Å². The van der Waals surface area contributed by atoms with Gasteiger partial charge in [0, 0.05) is 23.4 Å². The minimum Gasteiger partial charge on any atom is -0.493 e. The van der Waals surface area contributed by atoms with Crippen molar-refractivity contribution in [2.75, 3.05) is 12.4 Å². The van der Waals surface area contributed by atoms with Crippen LogP contribution in [0, 0.1) is 0 Å². The quantitative estimate of drug-likeness (QED) is 0.434. The van der Waals surface area contributed by atoms with Crippen LogP contribution >= 0.6 is 23.2 Å². The third-order valence-corrected chi connectivity index (χ3v) is 5.06. The van der Waals surface area contributed by atoms with Gasteiger partial charge in [0.15, 0.2) is 11.3 Å². The summed E-state index contributed by atoms with van der Waals surface area (Å²) >= 11 is 12.2. The van der Waals surface area contributed by atoms with Crippen LogP contribution in [-0.2, 0) is 4.79 Å². The fourth-order valence-corrected chi connectivity index (χ4v) is 3.79. The molecule has 0 aliphatic rings. The summed E-state index contributed by atoms with van der Waals surface area (Å²) in [5.74, 6) is -0.425. The fraction of sp³-hybridized carbons (Fsp3) is 0.0952. The third-order valence-electron chi connectivity index (χ3n) is 4.51. The van der Waals surface area contributed by atoms with Crippen molar-refractivity contribution in [3.8, 4) is 5.75 Å². The molecule has 0 atom stereocenters. The smallest absolute Gasteiger partial charge is 0.278 e. The van der Waals surface area contributed by atoms with Crippen molar-refractivity contribution in [1.29, 1.82) is 0 Å². The number of hydrogen-bond donors (Lipinski definition) is 2. The van der Waals surface area contributed by atoms with Crippen molar-refractivity contribution in [2.24, 2.45) is 4.99 Å². The molecule has 0 radical (unpaired) electrons. The first-order valence-corrected chi connectivity index (χ1v) is 9.70. The first-order valence-electron chi connectivity index (χ1n) is 8.95. The van der Waals surface area contributed by atoms with Gasteiger partial charge in [0.1, 0.15) is 10.9 Å². The summed E-state index contributed by atoms with van der Waals surface area (Å²) in [7, 11) is 1.49. The van der Waals surface area contributed by atoms with Gasteiger partial charge in [-0.3, -0.25) is 9.59 Å². The lowest BCUT2D eigenvalue weighted by atomic mass is 10.0. The number of methoxy groups -OCH3 is 1. The van der Waals surface area contributed by atoms with Crippen LogP contribution in [0.25, 0.3) is 21.9 Å². The van der Waals surface area contributed by atoms with Gasteiger partial charge in [-0.2, -0.15) is 4.73 Å². The van der Waals surface area contributed by atoms with E-state index < -0.39 is 5.91 Å². The lowest BCUT2D eigenvalue weighted by Gasteiger charge is -2.05. The predicted octanol–water partition coefficient (Wildman–Crippen LogP) is 4.64. The van der Waals surface area contributed by atoms with Gasteiger partial charge in [-0.15, -0.1) is 0 Å². The molecule has 31 heavy (non-hydrogen) atoms. The average molecular weight is 460 g/mol. The highest BCUT2D eigenvalue weighted by molar-refractivity contribution is 6.34. The molecule has 0 fully saturated rings. The number of hydrogen-bond acceptors (Lipinski definition) is 5. The van der Waals surface area contributed by atoms with Gasteiger partial charge in [0.2, 0.25) is 5.91 Å². The normalized spacial score (nSPS) is 11.0. The van der Waals surface area contributed by atoms with E-state index in [9.17, 15) is 14.8 Å². The van der Waals surface area contributed by atoms with E-state index in [1.807, 2.05) is 0 Å². The van der Waals surface area contributed by atoms with E-state index in [4.69, 9.17) is 32.4 Å². The van der Waals surface area contributed by atoms with E-state index in [1.54, 1.807) is 30.3 Å². The topological polar surface area (TPSA) is 106 Å². The zero-order valence-electron chi connectivity index (χ0n) is 16.3. The summed E-state index contributed by atoms with van der Waals surface area (Å²) in [6.07, 6.45) is 2.33. The number of ether oxygens (including phenoxy) is 1. The lowest BCUT2D eigenvalue weighted by molar-refractivity contribution is -0.114. The van der Waals surface area contributed by atoms with Crippen molar-refractivity contribution < 1.29 is 24.0 Å². The highest BCUT2D eigenvalue weighted by atomic mass is 35.5. The Kier molecular flexibility index (Phi) is 5.34. The molecular weight excluding hydrogens is 445 g/mol. The van der Waals surface area contributed by atoms with Crippen LogP contribution in [0.15, 0.2) is 52.1 Å². The molecule has 0 unspecified atom stereocenters. The first-order chi connectivity index (χ1) is 14.8. The second kappa shape index (κ2) is 7.98. The van der Waals surface area contributed by atoms with Crippen LogP contribution in [0.3, 0.4) is 0 Å². The maximum atomic E-state index is 13.1. The molecule has 4 aromatic rings. The Morgan fingerprint density at radius 3 is 2.52 bits per heavy atom. The van der Waals surface area contributed by atoms with Crippen LogP contribution in [0.4, 0.5) is 5.69 Å². The van der Waals surface area contributed by atoms with Crippen molar-refractivity contribution in [1.82, 2.24) is 4.73 Å². The van der Waals surface area contributed by atoms with Crippen molar-refractivity contribution in [2.45, 2.75) is 6.92 Å². The molecule has 0 aliphatic carbocycles. The highest BCUT2D eigenvalue weighted by Crippen LogP contribution is 2.38. The zero-order chi connectivity index (χ0) is 22.3. The van der Waals surface area contributed by atoms with Gasteiger partial charge < -0.3 is 19.7 Å². The Hall–Kier alpha value is -3.49. The maximum Gasteiger partial charge on any atom is 0.278 e. The maximum absolute atomic E-state index is 13.1. The number of aromatic nitrogens is 1. The van der Waals surface area contributed by atoms with E-state index in [0.29, 0.717) is 38.1 Å². The van der Waals surface area contributed by atoms with E-state index >= 15 is 0 Å². The van der Waals surface area contributed by atoms with Crippen molar-refractivity contribution in [3.63, 3.8) is 0 Å². The Bertz CT molecular complexity index is 1410. The summed E-state index contributed by atoms with van der Waals surface area (Å²) in [6.45, 7) is 1.40. The Morgan fingerprint density at radius 1 is 1.16 bits per heavy atom. The molecule has 2 amide bonds. The number of carbonyl (C=O) groups excluding carboxylic acids is 2. The largest absolute Gasteiger partial charge is 0.493 e. The van der Waals surface area contributed by atoms with E-state index in [-0.39, 0.29) is 26.9 Å². The molecule has 2 N–H and O–H groups in total. The molecule has 8 nitrogen and oxygen atoms in total. The predicted molar refractivity (Wildman–Crippen MR) is 116 cm³/mol. The summed E-state index contributed by atoms with van der Waals surface area (Å²) < 4.78 is 12.0. The van der Waals surface area contributed by atoms with Gasteiger partial charge >= 0.3 is 0 Å². The number of halogens is 2. The lowest BCUT2D eigenvalue weighted by Crippen LogP contribution is -2.12. The number of furan rings is 1. The minimum absolute atomic E-state index is 0.00176. The second-order valence-corrected chi connectivity index (χ2v) is 7.43. The van der Waals surface area contributed by atoms with Gasteiger partial charge in [-0.05, 0) is 30.3 Å². The number of anilines is 1. The summed E-state index contributed by atoms with van der Waals surface area (Å²) in [5, 5.41) is 13.3. The zero-order valence-corrected chi connectivity index (χ0v) is 17.8. The molecular formula is C21H15Cl2N3O5. The number of amides is 2. The average Bonchev–Trinajstić information content (AvgIpc) is 3.08. The van der Waals surface area contributed by atoms with Crippen LogP contribution in [-0.4, -0.2) is 28.9 Å². The van der Waals surface area contributed by atoms with Gasteiger partial charge in [-0.25, -0.2) is 4.99 Å². The molecule has 4 rings (SSSR count). The van der Waals surface area contributed by atoms with Gasteiger partial charge in [0.25, 0.3) is 5.91 Å². The standard InChI is InChI=1S/C21H15Cl2N3O5/c1-10(27)24-11-3-5-16-13(7-11)18-12(4-6-17(30-2)20(18)31-16)21(28)25-19-14(22)8-26(29)9-15(19)23/h3-9,29H,1-2H3,(H,24,27). The fourth-order valence-electron chi connectivity index (χ4n) is 3.25. The molecule has 0 bridgehead atoms. The van der Waals surface area contributed by atoms with Gasteiger partial charge in [0.05, 0.1) is 35.1 Å². The Labute approximate surface area is 185 Å². The summed E-state index contributed by atoms with van der Waals surface area (Å²) in [5.41, 5.74) is 1.63. The number of carbonyl (C=O) groups is 2. The Balaban J connectivity index is 1.98. The van der Waals surface area contributed by atoms with Crippen molar-refractivity contribution in [3.05, 3.63) is 63.7 Å². The molecule has 0 spiro atoms. The number of pyridine rings is 1. The molecule has 2 aromatic carbocycles. The summed E-state index contributed by atoms with van der Waals surface area (Å²) in [6, 6.07) is 8.24. The van der Waals surface area contributed by atoms with Crippen molar-refractivity contribution >= 4 is 62.6 Å².